The number of nitrogens with zero attached hydrogens (tertiary/aromatic N) is 1. The molecule has 0 aromatic heterocycles. The second kappa shape index (κ2) is 5.04. The highest BCUT2D eigenvalue weighted by Crippen LogP contribution is 2.38. The lowest BCUT2D eigenvalue weighted by Gasteiger charge is -2.47. The molecule has 0 spiro atoms. The Morgan fingerprint density at radius 2 is 1.95 bits per heavy atom. The minimum atomic E-state index is 0.351. The predicted octanol–water partition coefficient (Wildman–Crippen LogP) is 3.44. The lowest BCUT2D eigenvalue weighted by Crippen LogP contribution is -2.52. The Kier molecular flexibility index (Phi) is 3.40. The molecule has 2 atom stereocenters. The zero-order valence-corrected chi connectivity index (χ0v) is 11.8. The molecule has 2 bridgehead atoms. The summed E-state index contributed by atoms with van der Waals surface area (Å²) in [6.45, 7) is 0. The van der Waals surface area contributed by atoms with Crippen molar-refractivity contribution in [1.29, 1.82) is 0 Å². The number of carbonyl (C=O) groups excluding carboxylic acids is 1. The first-order valence-corrected chi connectivity index (χ1v) is 7.20. The average Bonchev–Trinajstić information content (AvgIpc) is 2.37. The van der Waals surface area contributed by atoms with Crippen LogP contribution in [0.15, 0.2) is 18.2 Å². The lowest BCUT2D eigenvalue weighted by atomic mass is 9.83. The Balaban J connectivity index is 1.92. The highest BCUT2D eigenvalue weighted by atomic mass is 35.5. The molecule has 1 aromatic carbocycles. The Bertz CT molecular complexity index is 487. The summed E-state index contributed by atoms with van der Waals surface area (Å²) in [6.07, 6.45) is 4.79. The number of Topliss-reactive ketones (excluding diaryl/α,β-unsaturated/α-hetero) is 1. The van der Waals surface area contributed by atoms with Gasteiger partial charge >= 0.3 is 0 Å². The van der Waals surface area contributed by atoms with Crippen LogP contribution in [0, 0.1) is 0 Å². The van der Waals surface area contributed by atoms with E-state index in [0.717, 1.165) is 18.5 Å². The fraction of sp³-hybridized carbons (Fsp3) is 0.533. The number of piperidine rings is 2. The van der Waals surface area contributed by atoms with Crippen molar-refractivity contribution in [2.24, 2.45) is 0 Å². The maximum absolute atomic E-state index is 11.7. The summed E-state index contributed by atoms with van der Waals surface area (Å²) in [5, 5.41) is 0.634. The van der Waals surface area contributed by atoms with Crippen molar-refractivity contribution in [2.75, 3.05) is 12.0 Å². The topological polar surface area (TPSA) is 29.5 Å². The first-order chi connectivity index (χ1) is 9.19. The highest BCUT2D eigenvalue weighted by Gasteiger charge is 2.37. The number of methoxy groups -OCH3 is 1. The van der Waals surface area contributed by atoms with Crippen LogP contribution in [-0.4, -0.2) is 25.0 Å². The maximum atomic E-state index is 11.7. The van der Waals surface area contributed by atoms with Crippen LogP contribution >= 0.6 is 11.6 Å². The van der Waals surface area contributed by atoms with Gasteiger partial charge in [-0.25, -0.2) is 0 Å². The van der Waals surface area contributed by atoms with Crippen molar-refractivity contribution >= 4 is 23.1 Å². The number of fused-ring (bicyclic) bond motifs is 2. The van der Waals surface area contributed by atoms with Gasteiger partial charge < -0.3 is 9.64 Å². The number of benzene rings is 1. The number of hydrogen-bond acceptors (Lipinski definition) is 3. The molecule has 2 aliphatic heterocycles. The molecule has 2 saturated heterocycles. The van der Waals surface area contributed by atoms with Gasteiger partial charge in [0.15, 0.2) is 0 Å². The molecule has 0 N–H and O–H groups in total. The Morgan fingerprint density at radius 3 is 2.53 bits per heavy atom. The van der Waals surface area contributed by atoms with Crippen LogP contribution in [0.5, 0.6) is 5.75 Å². The quantitative estimate of drug-likeness (QED) is 0.831. The highest BCUT2D eigenvalue weighted by molar-refractivity contribution is 6.32. The summed E-state index contributed by atoms with van der Waals surface area (Å²) < 4.78 is 5.19. The van der Waals surface area contributed by atoms with Gasteiger partial charge in [0.05, 0.1) is 12.1 Å². The van der Waals surface area contributed by atoms with Crippen LogP contribution in [0.3, 0.4) is 0 Å². The molecule has 0 aliphatic carbocycles. The van der Waals surface area contributed by atoms with Gasteiger partial charge in [-0.2, -0.15) is 0 Å². The van der Waals surface area contributed by atoms with E-state index in [-0.39, 0.29) is 0 Å². The zero-order chi connectivity index (χ0) is 13.4. The second-order valence-corrected chi connectivity index (χ2v) is 5.82. The van der Waals surface area contributed by atoms with Crippen LogP contribution in [0.1, 0.15) is 32.1 Å². The second-order valence-electron chi connectivity index (χ2n) is 5.41. The number of ether oxygens (including phenoxy) is 1. The monoisotopic (exact) mass is 279 g/mol. The molecule has 19 heavy (non-hydrogen) atoms. The van der Waals surface area contributed by atoms with E-state index in [2.05, 4.69) is 4.90 Å². The largest absolute Gasteiger partial charge is 0.495 e. The minimum Gasteiger partial charge on any atom is -0.495 e. The van der Waals surface area contributed by atoms with Gasteiger partial charge in [0.2, 0.25) is 0 Å². The van der Waals surface area contributed by atoms with E-state index in [4.69, 9.17) is 16.3 Å². The molecule has 1 aromatic rings. The van der Waals surface area contributed by atoms with E-state index in [1.165, 1.54) is 6.42 Å². The molecule has 0 saturated carbocycles. The summed E-state index contributed by atoms with van der Waals surface area (Å²) in [7, 11) is 1.62. The number of halogens is 1. The standard InChI is InChI=1S/C15H18ClNO2/c1-19-15-6-5-12(9-14(15)16)17-10-3-2-4-11(17)8-13(18)7-10/h5-6,9-11H,2-4,7-8H2,1H3. The van der Waals surface area contributed by atoms with E-state index < -0.39 is 0 Å². The fourth-order valence-electron chi connectivity index (χ4n) is 3.41. The molecule has 2 heterocycles. The third-order valence-corrected chi connectivity index (χ3v) is 4.52. The van der Waals surface area contributed by atoms with Crippen LogP contribution in [0.4, 0.5) is 5.69 Å². The first kappa shape index (κ1) is 12.8. The van der Waals surface area contributed by atoms with Crippen molar-refractivity contribution in [3.05, 3.63) is 23.2 Å². The summed E-state index contributed by atoms with van der Waals surface area (Å²) in [6, 6.07) is 6.62. The van der Waals surface area contributed by atoms with Crippen molar-refractivity contribution in [2.45, 2.75) is 44.2 Å². The minimum absolute atomic E-state index is 0.351. The lowest BCUT2D eigenvalue weighted by molar-refractivity contribution is -0.121. The van der Waals surface area contributed by atoms with Crippen LogP contribution in [0.2, 0.25) is 5.02 Å². The molecule has 3 rings (SSSR count). The summed E-state index contributed by atoms with van der Waals surface area (Å²) in [5.74, 6) is 1.11. The van der Waals surface area contributed by atoms with E-state index in [1.54, 1.807) is 7.11 Å². The smallest absolute Gasteiger partial charge is 0.137 e. The molecule has 0 radical (unpaired) electrons. The van der Waals surface area contributed by atoms with Crippen LogP contribution in [-0.2, 0) is 4.79 Å². The molecule has 102 valence electrons. The molecule has 0 amide bonds. The average molecular weight is 280 g/mol. The third kappa shape index (κ3) is 2.32. The number of rotatable bonds is 2. The van der Waals surface area contributed by atoms with E-state index in [9.17, 15) is 4.79 Å². The summed E-state index contributed by atoms with van der Waals surface area (Å²) in [5.41, 5.74) is 1.12. The van der Waals surface area contributed by atoms with Crippen molar-refractivity contribution in [1.82, 2.24) is 0 Å². The summed E-state index contributed by atoms with van der Waals surface area (Å²) in [4.78, 5) is 14.1. The first-order valence-electron chi connectivity index (χ1n) is 6.82. The van der Waals surface area contributed by atoms with Crippen molar-refractivity contribution in [3.8, 4) is 5.75 Å². The number of carbonyl (C=O) groups is 1. The van der Waals surface area contributed by atoms with Gasteiger partial charge in [-0.1, -0.05) is 11.6 Å². The van der Waals surface area contributed by atoms with Gasteiger partial charge in [0.1, 0.15) is 11.5 Å². The molecule has 4 heteroatoms. The predicted molar refractivity (Wildman–Crippen MR) is 76.2 cm³/mol. The molecule has 2 aliphatic rings. The van der Waals surface area contributed by atoms with Gasteiger partial charge in [-0.15, -0.1) is 0 Å². The molecular formula is C15H18ClNO2. The van der Waals surface area contributed by atoms with E-state index >= 15 is 0 Å². The van der Waals surface area contributed by atoms with E-state index in [1.807, 2.05) is 18.2 Å². The Labute approximate surface area is 118 Å². The molecule has 2 unspecified atom stereocenters. The Morgan fingerprint density at radius 1 is 1.26 bits per heavy atom. The Hall–Kier alpha value is -1.22. The zero-order valence-electron chi connectivity index (χ0n) is 11.1. The van der Waals surface area contributed by atoms with Gasteiger partial charge in [-0.3, -0.25) is 4.79 Å². The van der Waals surface area contributed by atoms with Crippen molar-refractivity contribution < 1.29 is 9.53 Å². The van der Waals surface area contributed by atoms with Gasteiger partial charge in [0.25, 0.3) is 0 Å². The number of anilines is 1. The molecule has 2 fully saturated rings. The number of hydrogen-bond donors (Lipinski definition) is 0. The summed E-state index contributed by atoms with van der Waals surface area (Å²) >= 11 is 6.22. The van der Waals surface area contributed by atoms with Crippen molar-refractivity contribution in [3.63, 3.8) is 0 Å². The third-order valence-electron chi connectivity index (χ3n) is 4.22. The SMILES string of the molecule is COc1ccc(N2C3CCCC2CC(=O)C3)cc1Cl. The molecule has 3 nitrogen and oxygen atoms in total. The fourth-order valence-corrected chi connectivity index (χ4v) is 3.66. The normalized spacial score (nSPS) is 26.4. The van der Waals surface area contributed by atoms with Crippen LogP contribution in [0.25, 0.3) is 0 Å². The van der Waals surface area contributed by atoms with Gasteiger partial charge in [-0.05, 0) is 37.5 Å². The maximum Gasteiger partial charge on any atom is 0.137 e. The van der Waals surface area contributed by atoms with E-state index in [0.29, 0.717) is 41.5 Å². The van der Waals surface area contributed by atoms with Gasteiger partial charge in [0, 0.05) is 30.6 Å². The molecular weight excluding hydrogens is 262 g/mol. The number of ketones is 1. The van der Waals surface area contributed by atoms with Crippen LogP contribution < -0.4 is 9.64 Å².